The van der Waals surface area contributed by atoms with Gasteiger partial charge in [-0.05, 0) is 31.0 Å². The summed E-state index contributed by atoms with van der Waals surface area (Å²) in [4.78, 5) is 10.9. The van der Waals surface area contributed by atoms with Gasteiger partial charge in [0.2, 0.25) is 0 Å². The summed E-state index contributed by atoms with van der Waals surface area (Å²) in [5, 5.41) is 0. The minimum Gasteiger partial charge on any atom is -0.495 e. The summed E-state index contributed by atoms with van der Waals surface area (Å²) in [6, 6.07) is 3.77. The van der Waals surface area contributed by atoms with Gasteiger partial charge in [-0.15, -0.1) is 0 Å². The van der Waals surface area contributed by atoms with Crippen LogP contribution < -0.4 is 4.74 Å². The molecule has 0 N–H and O–H groups in total. The summed E-state index contributed by atoms with van der Waals surface area (Å²) >= 11 is 0. The van der Waals surface area contributed by atoms with Crippen molar-refractivity contribution in [2.45, 2.75) is 13.8 Å². The van der Waals surface area contributed by atoms with Gasteiger partial charge >= 0.3 is 5.97 Å². The van der Waals surface area contributed by atoms with E-state index in [1.165, 1.54) is 7.11 Å². The molecule has 3 nitrogen and oxygen atoms in total. The number of hydrogen-bond acceptors (Lipinski definition) is 3. The van der Waals surface area contributed by atoms with E-state index in [0.29, 0.717) is 11.3 Å². The monoisotopic (exact) mass is 218 g/mol. The van der Waals surface area contributed by atoms with Crippen LogP contribution in [-0.2, 0) is 9.53 Å². The second-order valence-corrected chi connectivity index (χ2v) is 3.33. The third-order valence-corrected chi connectivity index (χ3v) is 2.37. The summed E-state index contributed by atoms with van der Waals surface area (Å²) in [7, 11) is 2.89. The normalized spacial score (nSPS) is 9.00. The van der Waals surface area contributed by atoms with Crippen molar-refractivity contribution in [2.75, 3.05) is 14.2 Å². The zero-order valence-electron chi connectivity index (χ0n) is 9.88. The van der Waals surface area contributed by atoms with Gasteiger partial charge in [-0.25, -0.2) is 4.79 Å². The minimum atomic E-state index is -0.555. The first kappa shape index (κ1) is 12.1. The topological polar surface area (TPSA) is 35.5 Å². The molecular weight excluding hydrogens is 204 g/mol. The van der Waals surface area contributed by atoms with E-state index in [2.05, 4.69) is 16.6 Å². The maximum Gasteiger partial charge on any atom is 0.384 e. The van der Waals surface area contributed by atoms with Gasteiger partial charge in [0.15, 0.2) is 0 Å². The van der Waals surface area contributed by atoms with Gasteiger partial charge in [0.05, 0.1) is 19.8 Å². The number of carbonyl (C=O) groups excluding carboxylic acids is 1. The molecule has 0 aliphatic heterocycles. The number of methoxy groups -OCH3 is 2. The van der Waals surface area contributed by atoms with Crippen molar-refractivity contribution in [1.82, 2.24) is 0 Å². The second kappa shape index (κ2) is 5.22. The predicted octanol–water partition coefficient (Wildman–Crippen LogP) is 1.84. The van der Waals surface area contributed by atoms with Crippen LogP contribution in [0.15, 0.2) is 12.1 Å². The molecule has 16 heavy (non-hydrogen) atoms. The summed E-state index contributed by atoms with van der Waals surface area (Å²) in [5.41, 5.74) is 2.84. The Hall–Kier alpha value is -1.95. The standard InChI is InChI=1S/C13H14O3/c1-9-5-6-11(7-8-12(14)15-3)13(16-4)10(9)2/h5-6H,1-4H3. The molecule has 1 aromatic rings. The smallest absolute Gasteiger partial charge is 0.384 e. The molecular formula is C13H14O3. The van der Waals surface area contributed by atoms with Crippen molar-refractivity contribution in [3.63, 3.8) is 0 Å². The largest absolute Gasteiger partial charge is 0.495 e. The highest BCUT2D eigenvalue weighted by molar-refractivity contribution is 5.89. The van der Waals surface area contributed by atoms with E-state index in [1.807, 2.05) is 26.0 Å². The van der Waals surface area contributed by atoms with Crippen molar-refractivity contribution in [1.29, 1.82) is 0 Å². The van der Waals surface area contributed by atoms with Crippen LogP contribution in [0.2, 0.25) is 0 Å². The molecule has 0 aliphatic carbocycles. The van der Waals surface area contributed by atoms with Crippen molar-refractivity contribution in [2.24, 2.45) is 0 Å². The molecule has 0 unspecified atom stereocenters. The Morgan fingerprint density at radius 3 is 2.50 bits per heavy atom. The third-order valence-electron chi connectivity index (χ3n) is 2.37. The molecule has 0 saturated carbocycles. The van der Waals surface area contributed by atoms with Gasteiger partial charge < -0.3 is 9.47 Å². The molecule has 0 aliphatic rings. The molecule has 0 bridgehead atoms. The molecule has 1 aromatic carbocycles. The van der Waals surface area contributed by atoms with Crippen LogP contribution in [0, 0.1) is 25.7 Å². The lowest BCUT2D eigenvalue weighted by atomic mass is 10.0. The van der Waals surface area contributed by atoms with E-state index < -0.39 is 5.97 Å². The molecule has 84 valence electrons. The summed E-state index contributed by atoms with van der Waals surface area (Å²) in [6.45, 7) is 3.95. The molecule has 0 atom stereocenters. The van der Waals surface area contributed by atoms with Crippen molar-refractivity contribution in [3.05, 3.63) is 28.8 Å². The Morgan fingerprint density at radius 1 is 1.25 bits per heavy atom. The number of rotatable bonds is 1. The van der Waals surface area contributed by atoms with E-state index in [1.54, 1.807) is 7.11 Å². The highest BCUT2D eigenvalue weighted by atomic mass is 16.5. The molecule has 0 radical (unpaired) electrons. The Kier molecular flexibility index (Phi) is 3.96. The van der Waals surface area contributed by atoms with Gasteiger partial charge in [-0.3, -0.25) is 0 Å². The third kappa shape index (κ3) is 2.54. The van der Waals surface area contributed by atoms with Crippen molar-refractivity contribution >= 4 is 5.97 Å². The Balaban J connectivity index is 3.18. The average molecular weight is 218 g/mol. The minimum absolute atomic E-state index is 0.555. The van der Waals surface area contributed by atoms with Crippen LogP contribution in [0.4, 0.5) is 0 Å². The van der Waals surface area contributed by atoms with E-state index in [0.717, 1.165) is 11.1 Å². The van der Waals surface area contributed by atoms with Crippen molar-refractivity contribution in [3.8, 4) is 17.6 Å². The number of esters is 1. The van der Waals surface area contributed by atoms with Gasteiger partial charge in [0.1, 0.15) is 5.75 Å². The van der Waals surface area contributed by atoms with Crippen LogP contribution in [0.5, 0.6) is 5.75 Å². The number of ether oxygens (including phenoxy) is 2. The number of hydrogen-bond donors (Lipinski definition) is 0. The second-order valence-electron chi connectivity index (χ2n) is 3.33. The maximum atomic E-state index is 10.9. The molecule has 0 amide bonds. The molecule has 1 rings (SSSR count). The Morgan fingerprint density at radius 2 is 1.94 bits per heavy atom. The highest BCUT2D eigenvalue weighted by Gasteiger charge is 2.06. The summed E-state index contributed by atoms with van der Waals surface area (Å²) in [5.74, 6) is 5.26. The number of benzene rings is 1. The average Bonchev–Trinajstić information content (AvgIpc) is 2.30. The van der Waals surface area contributed by atoms with E-state index in [9.17, 15) is 4.79 Å². The van der Waals surface area contributed by atoms with E-state index in [-0.39, 0.29) is 0 Å². The molecule has 0 aromatic heterocycles. The number of aryl methyl sites for hydroxylation is 1. The molecule has 0 fully saturated rings. The first-order chi connectivity index (χ1) is 7.60. The fourth-order valence-electron chi connectivity index (χ4n) is 1.32. The van der Waals surface area contributed by atoms with Gasteiger partial charge in [0, 0.05) is 5.92 Å². The Bertz CT molecular complexity index is 464. The highest BCUT2D eigenvalue weighted by Crippen LogP contribution is 2.25. The lowest BCUT2D eigenvalue weighted by Gasteiger charge is -2.09. The molecule has 0 spiro atoms. The predicted molar refractivity (Wildman–Crippen MR) is 61.4 cm³/mol. The summed E-state index contributed by atoms with van der Waals surface area (Å²) in [6.07, 6.45) is 0. The van der Waals surface area contributed by atoms with Gasteiger partial charge in [-0.2, -0.15) is 0 Å². The molecule has 3 heteroatoms. The zero-order chi connectivity index (χ0) is 12.1. The number of carbonyl (C=O) groups is 1. The lowest BCUT2D eigenvalue weighted by Crippen LogP contribution is -1.97. The maximum absolute atomic E-state index is 10.9. The Labute approximate surface area is 95.4 Å². The molecule has 0 saturated heterocycles. The van der Waals surface area contributed by atoms with Gasteiger partial charge in [0.25, 0.3) is 0 Å². The SMILES string of the molecule is COC(=O)C#Cc1ccc(C)c(C)c1OC. The van der Waals surface area contributed by atoms with E-state index in [4.69, 9.17) is 4.74 Å². The molecule has 0 heterocycles. The first-order valence-corrected chi connectivity index (χ1v) is 4.84. The first-order valence-electron chi connectivity index (χ1n) is 4.84. The quantitative estimate of drug-likeness (QED) is 0.533. The fourth-order valence-corrected chi connectivity index (χ4v) is 1.32. The van der Waals surface area contributed by atoms with Crippen LogP contribution in [0.25, 0.3) is 0 Å². The summed E-state index contributed by atoms with van der Waals surface area (Å²) < 4.78 is 9.71. The zero-order valence-corrected chi connectivity index (χ0v) is 9.88. The van der Waals surface area contributed by atoms with Crippen LogP contribution in [-0.4, -0.2) is 20.2 Å². The van der Waals surface area contributed by atoms with Crippen LogP contribution in [0.1, 0.15) is 16.7 Å². The van der Waals surface area contributed by atoms with E-state index >= 15 is 0 Å². The fraction of sp³-hybridized carbons (Fsp3) is 0.308. The van der Waals surface area contributed by atoms with Crippen molar-refractivity contribution < 1.29 is 14.3 Å². The van der Waals surface area contributed by atoms with Crippen LogP contribution in [0.3, 0.4) is 0 Å². The lowest BCUT2D eigenvalue weighted by molar-refractivity contribution is -0.133. The van der Waals surface area contributed by atoms with Crippen LogP contribution >= 0.6 is 0 Å². The van der Waals surface area contributed by atoms with Gasteiger partial charge in [-0.1, -0.05) is 12.0 Å².